The third kappa shape index (κ3) is 2.54. The molecule has 0 aliphatic heterocycles. The normalized spacial score (nSPS) is 32.7. The summed E-state index contributed by atoms with van der Waals surface area (Å²) in [6, 6.07) is 0. The van der Waals surface area contributed by atoms with Gasteiger partial charge in [0.25, 0.3) is 5.91 Å². The highest BCUT2D eigenvalue weighted by molar-refractivity contribution is 5.88. The number of rotatable bonds is 3. The molecule has 18 heavy (non-hydrogen) atoms. The lowest BCUT2D eigenvalue weighted by molar-refractivity contribution is -0.161. The van der Waals surface area contributed by atoms with Gasteiger partial charge >= 0.3 is 5.97 Å². The van der Waals surface area contributed by atoms with Gasteiger partial charge in [0.2, 0.25) is 0 Å². The maximum Gasteiger partial charge on any atom is 0.309 e. The van der Waals surface area contributed by atoms with E-state index in [0.717, 1.165) is 19.3 Å². The van der Waals surface area contributed by atoms with Crippen molar-refractivity contribution in [2.45, 2.75) is 45.1 Å². The first kappa shape index (κ1) is 13.1. The fraction of sp³-hybridized carbons (Fsp3) is 0.769. The van der Waals surface area contributed by atoms with Gasteiger partial charge in [0.15, 0.2) is 6.10 Å². The van der Waals surface area contributed by atoms with Gasteiger partial charge in [0.05, 0.1) is 5.92 Å². The van der Waals surface area contributed by atoms with Crippen molar-refractivity contribution in [3.63, 3.8) is 0 Å². The SMILES string of the molecule is C[C@H](OC(=O)C1C[C@H]2CCC[C@@H](C1)C2=O)C(N)=O. The third-order valence-corrected chi connectivity index (χ3v) is 4.07. The molecule has 2 rings (SSSR count). The van der Waals surface area contributed by atoms with Crippen LogP contribution in [0.2, 0.25) is 0 Å². The summed E-state index contributed by atoms with van der Waals surface area (Å²) in [5, 5.41) is 0. The number of esters is 1. The van der Waals surface area contributed by atoms with Gasteiger partial charge in [0, 0.05) is 11.8 Å². The predicted molar refractivity (Wildman–Crippen MR) is 63.3 cm³/mol. The number of primary amides is 1. The molecule has 5 heteroatoms. The van der Waals surface area contributed by atoms with Crippen molar-refractivity contribution in [1.29, 1.82) is 0 Å². The minimum Gasteiger partial charge on any atom is -0.452 e. The van der Waals surface area contributed by atoms with Gasteiger partial charge in [-0.25, -0.2) is 0 Å². The lowest BCUT2D eigenvalue weighted by Crippen LogP contribution is -2.41. The van der Waals surface area contributed by atoms with Crippen LogP contribution in [0.4, 0.5) is 0 Å². The van der Waals surface area contributed by atoms with Gasteiger partial charge in [0.1, 0.15) is 5.78 Å². The summed E-state index contributed by atoms with van der Waals surface area (Å²) >= 11 is 0. The lowest BCUT2D eigenvalue weighted by atomic mass is 9.67. The molecule has 0 aromatic carbocycles. The first-order chi connectivity index (χ1) is 8.49. The van der Waals surface area contributed by atoms with Crippen molar-refractivity contribution < 1.29 is 19.1 Å². The summed E-state index contributed by atoms with van der Waals surface area (Å²) in [6.07, 6.45) is 3.07. The largest absolute Gasteiger partial charge is 0.452 e. The highest BCUT2D eigenvalue weighted by Crippen LogP contribution is 2.40. The number of carbonyl (C=O) groups is 3. The highest BCUT2D eigenvalue weighted by Gasteiger charge is 2.42. The zero-order chi connectivity index (χ0) is 13.3. The van der Waals surface area contributed by atoms with E-state index >= 15 is 0 Å². The summed E-state index contributed by atoms with van der Waals surface area (Å²) in [4.78, 5) is 34.6. The van der Waals surface area contributed by atoms with Gasteiger partial charge in [-0.2, -0.15) is 0 Å². The lowest BCUT2D eigenvalue weighted by Gasteiger charge is -2.36. The van der Waals surface area contributed by atoms with Crippen molar-refractivity contribution in [3.05, 3.63) is 0 Å². The molecule has 2 bridgehead atoms. The molecule has 0 aromatic heterocycles. The zero-order valence-electron chi connectivity index (χ0n) is 10.6. The van der Waals surface area contributed by atoms with Crippen LogP contribution >= 0.6 is 0 Å². The predicted octanol–water partition coefficient (Wildman–Crippen LogP) is 0.799. The number of nitrogens with two attached hydrogens (primary N) is 1. The number of hydrogen-bond acceptors (Lipinski definition) is 4. The fourth-order valence-electron chi connectivity index (χ4n) is 3.00. The quantitative estimate of drug-likeness (QED) is 0.754. The maximum absolute atomic E-state index is 11.9. The zero-order valence-corrected chi connectivity index (χ0v) is 10.6. The molecule has 0 spiro atoms. The van der Waals surface area contributed by atoms with Crippen molar-refractivity contribution in [2.24, 2.45) is 23.5 Å². The number of amides is 1. The molecule has 2 aliphatic rings. The molecular weight excluding hydrogens is 234 g/mol. The molecule has 0 aromatic rings. The first-order valence-electron chi connectivity index (χ1n) is 6.52. The van der Waals surface area contributed by atoms with Crippen LogP contribution < -0.4 is 5.73 Å². The molecular formula is C13H19NO4. The molecule has 2 saturated carbocycles. The monoisotopic (exact) mass is 253 g/mol. The topological polar surface area (TPSA) is 86.5 Å². The second kappa shape index (κ2) is 5.08. The van der Waals surface area contributed by atoms with E-state index in [2.05, 4.69) is 0 Å². The van der Waals surface area contributed by atoms with Crippen LogP contribution in [0.1, 0.15) is 39.0 Å². The Labute approximate surface area is 106 Å². The van der Waals surface area contributed by atoms with E-state index in [9.17, 15) is 14.4 Å². The average Bonchev–Trinajstić information content (AvgIpc) is 2.27. The minimum absolute atomic E-state index is 0.0129. The average molecular weight is 253 g/mol. The van der Waals surface area contributed by atoms with Crippen LogP contribution in [0.25, 0.3) is 0 Å². The van der Waals surface area contributed by atoms with E-state index in [0.29, 0.717) is 18.6 Å². The molecule has 1 amide bonds. The van der Waals surface area contributed by atoms with E-state index < -0.39 is 12.0 Å². The van der Waals surface area contributed by atoms with Crippen LogP contribution in [0.5, 0.6) is 0 Å². The molecule has 1 unspecified atom stereocenters. The molecule has 4 atom stereocenters. The third-order valence-electron chi connectivity index (χ3n) is 4.07. The summed E-state index contributed by atoms with van der Waals surface area (Å²) in [6.45, 7) is 1.47. The van der Waals surface area contributed by atoms with Crippen LogP contribution in [0.3, 0.4) is 0 Å². The number of ketones is 1. The molecule has 2 N–H and O–H groups in total. The van der Waals surface area contributed by atoms with Gasteiger partial charge in [-0.05, 0) is 32.6 Å². The molecule has 100 valence electrons. The van der Waals surface area contributed by atoms with Crippen LogP contribution in [0.15, 0.2) is 0 Å². The fourth-order valence-corrected chi connectivity index (χ4v) is 3.00. The highest BCUT2D eigenvalue weighted by atomic mass is 16.5. The van der Waals surface area contributed by atoms with E-state index in [4.69, 9.17) is 10.5 Å². The summed E-state index contributed by atoms with van der Waals surface area (Å²) in [7, 11) is 0. The summed E-state index contributed by atoms with van der Waals surface area (Å²) in [5.41, 5.74) is 5.06. The second-order valence-corrected chi connectivity index (χ2v) is 5.38. The van der Waals surface area contributed by atoms with Crippen molar-refractivity contribution in [2.75, 3.05) is 0 Å². The standard InChI is InChI=1S/C13H19NO4/c1-7(12(14)16)18-13(17)10-5-8-3-2-4-9(6-10)11(8)15/h7-10H,2-6H2,1H3,(H2,14,16)/t7-,8-,9+,10?/m0/s1. The van der Waals surface area contributed by atoms with Crippen LogP contribution in [-0.4, -0.2) is 23.8 Å². The number of carbonyl (C=O) groups excluding carboxylic acids is 3. The van der Waals surface area contributed by atoms with Crippen molar-refractivity contribution in [3.8, 4) is 0 Å². The maximum atomic E-state index is 11.9. The van der Waals surface area contributed by atoms with Crippen LogP contribution in [-0.2, 0) is 19.1 Å². The number of fused-ring (bicyclic) bond motifs is 2. The van der Waals surface area contributed by atoms with Gasteiger partial charge in [-0.1, -0.05) is 6.42 Å². The van der Waals surface area contributed by atoms with E-state index in [1.165, 1.54) is 6.92 Å². The Kier molecular flexibility index (Phi) is 3.68. The molecule has 0 radical (unpaired) electrons. The first-order valence-corrected chi connectivity index (χ1v) is 6.52. The van der Waals surface area contributed by atoms with E-state index in [1.54, 1.807) is 0 Å². The molecule has 2 aliphatic carbocycles. The van der Waals surface area contributed by atoms with Crippen LogP contribution in [0, 0.1) is 17.8 Å². The Balaban J connectivity index is 1.96. The Morgan fingerprint density at radius 1 is 1.28 bits per heavy atom. The molecule has 5 nitrogen and oxygen atoms in total. The molecule has 0 saturated heterocycles. The van der Waals surface area contributed by atoms with Gasteiger partial charge in [-0.3, -0.25) is 14.4 Å². The smallest absolute Gasteiger partial charge is 0.309 e. The Morgan fingerprint density at radius 2 is 1.83 bits per heavy atom. The van der Waals surface area contributed by atoms with E-state index in [-0.39, 0.29) is 23.7 Å². The van der Waals surface area contributed by atoms with E-state index in [1.807, 2.05) is 0 Å². The van der Waals surface area contributed by atoms with Gasteiger partial charge < -0.3 is 10.5 Å². The minimum atomic E-state index is -0.894. The summed E-state index contributed by atoms with van der Waals surface area (Å²) < 4.78 is 5.03. The molecule has 2 fully saturated rings. The molecule has 0 heterocycles. The van der Waals surface area contributed by atoms with Crippen molar-refractivity contribution in [1.82, 2.24) is 0 Å². The summed E-state index contributed by atoms with van der Waals surface area (Å²) in [5.74, 6) is -0.938. The number of Topliss-reactive ketones (excluding diaryl/α,β-unsaturated/α-hetero) is 1. The number of hydrogen-bond donors (Lipinski definition) is 1. The number of ether oxygens (including phenoxy) is 1. The Hall–Kier alpha value is -1.39. The van der Waals surface area contributed by atoms with Gasteiger partial charge in [-0.15, -0.1) is 0 Å². The van der Waals surface area contributed by atoms with Crippen molar-refractivity contribution >= 4 is 17.7 Å². The second-order valence-electron chi connectivity index (χ2n) is 5.38. The Morgan fingerprint density at radius 3 is 2.33 bits per heavy atom. The Bertz CT molecular complexity index is 363.